The molecule has 0 spiro atoms. The number of aromatic nitrogens is 1. The van der Waals surface area contributed by atoms with E-state index in [1.165, 1.54) is 11.3 Å². The Hall–Kier alpha value is -0.920. The molecule has 12 heavy (non-hydrogen) atoms. The molecular formula is C8H10N2OS. The van der Waals surface area contributed by atoms with Crippen LogP contribution in [0.15, 0.2) is 0 Å². The SMILES string of the molecule is COCCc1nc(C)c(C#N)s1. The number of nitrogens with zero attached hydrogens (tertiary/aromatic N) is 2. The average molecular weight is 182 g/mol. The lowest BCUT2D eigenvalue weighted by atomic mass is 10.4. The zero-order valence-electron chi connectivity index (χ0n) is 7.13. The van der Waals surface area contributed by atoms with Gasteiger partial charge >= 0.3 is 0 Å². The molecule has 1 heterocycles. The smallest absolute Gasteiger partial charge is 0.127 e. The van der Waals surface area contributed by atoms with Crippen molar-refractivity contribution >= 4 is 11.3 Å². The summed E-state index contributed by atoms with van der Waals surface area (Å²) in [5, 5.41) is 9.62. The van der Waals surface area contributed by atoms with Crippen molar-refractivity contribution in [1.82, 2.24) is 4.98 Å². The topological polar surface area (TPSA) is 45.9 Å². The Morgan fingerprint density at radius 3 is 2.92 bits per heavy atom. The molecule has 1 aromatic rings. The average Bonchev–Trinajstić information content (AvgIpc) is 2.43. The van der Waals surface area contributed by atoms with Crippen LogP contribution >= 0.6 is 11.3 Å². The summed E-state index contributed by atoms with van der Waals surface area (Å²) in [6, 6.07) is 2.11. The van der Waals surface area contributed by atoms with Crippen LogP contribution in [0.1, 0.15) is 15.6 Å². The molecule has 0 amide bonds. The molecule has 0 radical (unpaired) electrons. The molecule has 0 atom stereocenters. The van der Waals surface area contributed by atoms with E-state index < -0.39 is 0 Å². The van der Waals surface area contributed by atoms with Gasteiger partial charge in [0.15, 0.2) is 0 Å². The van der Waals surface area contributed by atoms with E-state index in [9.17, 15) is 0 Å². The number of ether oxygens (including phenoxy) is 1. The first-order valence-electron chi connectivity index (χ1n) is 3.63. The van der Waals surface area contributed by atoms with Crippen LogP contribution in [0.2, 0.25) is 0 Å². The van der Waals surface area contributed by atoms with Gasteiger partial charge in [0.1, 0.15) is 10.9 Å². The van der Waals surface area contributed by atoms with Gasteiger partial charge in [0.25, 0.3) is 0 Å². The summed E-state index contributed by atoms with van der Waals surface area (Å²) in [7, 11) is 1.66. The lowest BCUT2D eigenvalue weighted by molar-refractivity contribution is 0.202. The van der Waals surface area contributed by atoms with Crippen LogP contribution in [0.3, 0.4) is 0 Å². The van der Waals surface area contributed by atoms with Crippen LogP contribution in [0.4, 0.5) is 0 Å². The number of thiazole rings is 1. The highest BCUT2D eigenvalue weighted by atomic mass is 32.1. The normalized spacial score (nSPS) is 9.75. The van der Waals surface area contributed by atoms with Crippen LogP contribution in [0.5, 0.6) is 0 Å². The molecule has 3 nitrogen and oxygen atoms in total. The Balaban J connectivity index is 2.70. The minimum atomic E-state index is 0.665. The Kier molecular flexibility index (Phi) is 3.20. The second kappa shape index (κ2) is 4.19. The van der Waals surface area contributed by atoms with Crippen molar-refractivity contribution in [2.45, 2.75) is 13.3 Å². The van der Waals surface area contributed by atoms with Gasteiger partial charge in [-0.15, -0.1) is 11.3 Å². The molecule has 4 heteroatoms. The lowest BCUT2D eigenvalue weighted by Crippen LogP contribution is -1.93. The zero-order chi connectivity index (χ0) is 8.97. The Morgan fingerprint density at radius 1 is 1.67 bits per heavy atom. The van der Waals surface area contributed by atoms with E-state index in [-0.39, 0.29) is 0 Å². The maximum atomic E-state index is 8.65. The summed E-state index contributed by atoms with van der Waals surface area (Å²) in [6.45, 7) is 2.52. The molecule has 0 aromatic carbocycles. The summed E-state index contributed by atoms with van der Waals surface area (Å²) in [5.41, 5.74) is 0.827. The molecular weight excluding hydrogens is 172 g/mol. The van der Waals surface area contributed by atoms with Gasteiger partial charge in [-0.1, -0.05) is 0 Å². The maximum Gasteiger partial charge on any atom is 0.127 e. The monoisotopic (exact) mass is 182 g/mol. The molecule has 0 saturated carbocycles. The Morgan fingerprint density at radius 2 is 2.42 bits per heavy atom. The summed E-state index contributed by atoms with van der Waals surface area (Å²) < 4.78 is 4.91. The third-order valence-electron chi connectivity index (χ3n) is 1.46. The standard InChI is InChI=1S/C8H10N2OS/c1-6-7(5-9)12-8(10-6)3-4-11-2/h3-4H2,1-2H3. The molecule has 64 valence electrons. The quantitative estimate of drug-likeness (QED) is 0.711. The van der Waals surface area contributed by atoms with Crippen molar-refractivity contribution in [3.05, 3.63) is 15.6 Å². The molecule has 0 fully saturated rings. The highest BCUT2D eigenvalue weighted by Crippen LogP contribution is 2.16. The van der Waals surface area contributed by atoms with Gasteiger partial charge in [0, 0.05) is 13.5 Å². The number of aryl methyl sites for hydroxylation is 1. The summed E-state index contributed by atoms with van der Waals surface area (Å²) in [6.07, 6.45) is 0.795. The maximum absolute atomic E-state index is 8.65. The fourth-order valence-corrected chi connectivity index (χ4v) is 1.69. The number of hydrogen-bond acceptors (Lipinski definition) is 4. The van der Waals surface area contributed by atoms with Crippen molar-refractivity contribution < 1.29 is 4.74 Å². The summed E-state index contributed by atoms with van der Waals surface area (Å²) in [5.74, 6) is 0. The first kappa shape index (κ1) is 9.17. The molecule has 1 rings (SSSR count). The van der Waals surface area contributed by atoms with Crippen LogP contribution < -0.4 is 0 Å². The highest BCUT2D eigenvalue weighted by Gasteiger charge is 2.05. The third kappa shape index (κ3) is 2.03. The largest absolute Gasteiger partial charge is 0.384 e. The number of nitriles is 1. The summed E-state index contributed by atoms with van der Waals surface area (Å²) in [4.78, 5) is 4.94. The van der Waals surface area contributed by atoms with E-state index >= 15 is 0 Å². The van der Waals surface area contributed by atoms with Gasteiger partial charge in [0.05, 0.1) is 17.3 Å². The van der Waals surface area contributed by atoms with E-state index in [1.807, 2.05) is 6.92 Å². The summed E-state index contributed by atoms with van der Waals surface area (Å²) >= 11 is 1.45. The van der Waals surface area contributed by atoms with E-state index in [0.717, 1.165) is 17.1 Å². The van der Waals surface area contributed by atoms with Crippen LogP contribution in [-0.2, 0) is 11.2 Å². The number of methoxy groups -OCH3 is 1. The van der Waals surface area contributed by atoms with Crippen molar-refractivity contribution in [1.29, 1.82) is 5.26 Å². The van der Waals surface area contributed by atoms with Crippen molar-refractivity contribution in [2.75, 3.05) is 13.7 Å². The molecule has 0 aliphatic rings. The van der Waals surface area contributed by atoms with Crippen LogP contribution in [-0.4, -0.2) is 18.7 Å². The molecule has 0 bridgehead atoms. The molecule has 0 saturated heterocycles. The number of rotatable bonds is 3. The molecule has 0 unspecified atom stereocenters. The first-order chi connectivity index (χ1) is 5.77. The van der Waals surface area contributed by atoms with Crippen molar-refractivity contribution in [3.8, 4) is 6.07 Å². The van der Waals surface area contributed by atoms with Gasteiger partial charge in [-0.05, 0) is 6.92 Å². The molecule has 0 aliphatic carbocycles. The van der Waals surface area contributed by atoms with Crippen LogP contribution in [0, 0.1) is 18.3 Å². The van der Waals surface area contributed by atoms with Gasteiger partial charge in [-0.25, -0.2) is 4.98 Å². The fourth-order valence-electron chi connectivity index (χ4n) is 0.852. The fraction of sp³-hybridized carbons (Fsp3) is 0.500. The number of hydrogen-bond donors (Lipinski definition) is 0. The third-order valence-corrected chi connectivity index (χ3v) is 2.58. The van der Waals surface area contributed by atoms with Crippen molar-refractivity contribution in [2.24, 2.45) is 0 Å². The van der Waals surface area contributed by atoms with Gasteiger partial charge < -0.3 is 4.74 Å². The minimum Gasteiger partial charge on any atom is -0.384 e. The van der Waals surface area contributed by atoms with E-state index in [4.69, 9.17) is 10.00 Å². The second-order valence-corrected chi connectivity index (χ2v) is 3.46. The lowest BCUT2D eigenvalue weighted by Gasteiger charge is -1.91. The Bertz CT molecular complexity index is 300. The van der Waals surface area contributed by atoms with Gasteiger partial charge in [0.2, 0.25) is 0 Å². The molecule has 1 aromatic heterocycles. The Labute approximate surface area is 75.6 Å². The molecule has 0 N–H and O–H groups in total. The van der Waals surface area contributed by atoms with Crippen LogP contribution in [0.25, 0.3) is 0 Å². The predicted molar refractivity (Wildman–Crippen MR) is 47.1 cm³/mol. The highest BCUT2D eigenvalue weighted by molar-refractivity contribution is 7.12. The first-order valence-corrected chi connectivity index (χ1v) is 4.45. The van der Waals surface area contributed by atoms with Crippen molar-refractivity contribution in [3.63, 3.8) is 0 Å². The second-order valence-electron chi connectivity index (χ2n) is 2.38. The minimum absolute atomic E-state index is 0.665. The van der Waals surface area contributed by atoms with Gasteiger partial charge in [-0.3, -0.25) is 0 Å². The van der Waals surface area contributed by atoms with E-state index in [1.54, 1.807) is 7.11 Å². The van der Waals surface area contributed by atoms with E-state index in [0.29, 0.717) is 11.5 Å². The predicted octanol–water partition coefficient (Wildman–Crippen LogP) is 1.51. The van der Waals surface area contributed by atoms with E-state index in [2.05, 4.69) is 11.1 Å². The zero-order valence-corrected chi connectivity index (χ0v) is 7.94. The molecule has 0 aliphatic heterocycles. The van der Waals surface area contributed by atoms with Gasteiger partial charge in [-0.2, -0.15) is 5.26 Å².